The highest BCUT2D eigenvalue weighted by molar-refractivity contribution is 6.14. The largest absolute Gasteiger partial charge is 0.350 e. The average Bonchev–Trinajstić information content (AvgIpc) is 3.10. The van der Waals surface area contributed by atoms with Gasteiger partial charge in [-0.25, -0.2) is 13.9 Å². The number of fused-ring (bicyclic) bond motifs is 1. The van der Waals surface area contributed by atoms with Crippen molar-refractivity contribution in [3.63, 3.8) is 0 Å². The molecule has 2 aromatic heterocycles. The van der Waals surface area contributed by atoms with Gasteiger partial charge in [0.15, 0.2) is 5.82 Å². The van der Waals surface area contributed by atoms with Crippen LogP contribution in [0.3, 0.4) is 0 Å². The van der Waals surface area contributed by atoms with Crippen LogP contribution in [0.1, 0.15) is 70.1 Å². The van der Waals surface area contributed by atoms with E-state index in [1.165, 1.54) is 38.3 Å². The maximum absolute atomic E-state index is 15.4. The van der Waals surface area contributed by atoms with E-state index in [1.807, 2.05) is 39.0 Å². The van der Waals surface area contributed by atoms with E-state index in [1.54, 1.807) is 11.6 Å². The van der Waals surface area contributed by atoms with Gasteiger partial charge in [-0.2, -0.15) is 10.2 Å². The van der Waals surface area contributed by atoms with Crippen LogP contribution < -0.4 is 5.32 Å². The molecular weight excluding hydrogens is 438 g/mol. The summed E-state index contributed by atoms with van der Waals surface area (Å²) >= 11 is 0. The topological polar surface area (TPSA) is 66.9 Å². The highest BCUT2D eigenvalue weighted by Crippen LogP contribution is 2.51. The molecule has 2 heterocycles. The van der Waals surface area contributed by atoms with Crippen LogP contribution in [0, 0.1) is 18.2 Å². The second-order valence-corrected chi connectivity index (χ2v) is 11.3. The Balaban J connectivity index is 1.52. The highest BCUT2D eigenvalue weighted by atomic mass is 19.1. The summed E-state index contributed by atoms with van der Waals surface area (Å²) < 4.78 is 17.1. The lowest BCUT2D eigenvalue weighted by Gasteiger charge is -2.47. The second-order valence-electron chi connectivity index (χ2n) is 11.3. The molecule has 35 heavy (non-hydrogen) atoms. The molecule has 0 bridgehead atoms. The summed E-state index contributed by atoms with van der Waals surface area (Å²) in [4.78, 5) is 4.90. The number of hydrogen-bond donors (Lipinski definition) is 1. The first-order valence-corrected chi connectivity index (χ1v) is 12.7. The van der Waals surface area contributed by atoms with Gasteiger partial charge in [0.2, 0.25) is 5.95 Å². The van der Waals surface area contributed by atoms with Crippen LogP contribution in [0.4, 0.5) is 16.0 Å². The van der Waals surface area contributed by atoms with Crippen molar-refractivity contribution in [2.24, 2.45) is 15.6 Å². The number of nitrogens with zero attached hydrogens (tertiary/aromatic N) is 5. The predicted molar refractivity (Wildman–Crippen MR) is 139 cm³/mol. The molecule has 0 unspecified atom stereocenters. The normalized spacial score (nSPS) is 18.4. The fraction of sp³-hybridized carbons (Fsp3) is 0.556. The van der Waals surface area contributed by atoms with Gasteiger partial charge in [-0.1, -0.05) is 31.6 Å². The van der Waals surface area contributed by atoms with Crippen LogP contribution in [-0.4, -0.2) is 35.5 Å². The minimum absolute atomic E-state index is 0.332. The molecule has 0 amide bonds. The molecule has 2 aliphatic rings. The molecule has 1 aromatic carbocycles. The van der Waals surface area contributed by atoms with Crippen molar-refractivity contribution in [2.75, 3.05) is 12.4 Å². The van der Waals surface area contributed by atoms with E-state index in [-0.39, 0.29) is 5.82 Å². The van der Waals surface area contributed by atoms with Crippen LogP contribution in [-0.2, 0) is 6.42 Å². The van der Waals surface area contributed by atoms with E-state index in [2.05, 4.69) is 20.6 Å². The predicted octanol–water partition coefficient (Wildman–Crippen LogP) is 6.99. The van der Waals surface area contributed by atoms with Crippen LogP contribution in [0.5, 0.6) is 0 Å². The standard InChI is InChI=1S/C27H34BFN6/c1-17-14-18(6-7-21(17)33-30-4)23-20(29)16-35-24(23)22(15-26(2,3)28)32-25(34-35)31-19-8-12-27(13-9-19)10-5-11-27/h6-7,14,16,19H,5,8-13,15H2,1-4H3,(H,31,34). The molecule has 182 valence electrons. The lowest BCUT2D eigenvalue weighted by atomic mass is 9.60. The third-order valence-corrected chi connectivity index (χ3v) is 7.77. The zero-order chi connectivity index (χ0) is 24.8. The minimum atomic E-state index is -0.507. The van der Waals surface area contributed by atoms with Crippen molar-refractivity contribution in [3.8, 4) is 11.1 Å². The number of halogens is 1. The molecule has 8 heteroatoms. The lowest BCUT2D eigenvalue weighted by molar-refractivity contribution is 0.0729. The smallest absolute Gasteiger partial charge is 0.241 e. The Morgan fingerprint density at radius 3 is 2.57 bits per heavy atom. The van der Waals surface area contributed by atoms with Crippen molar-refractivity contribution in [1.82, 2.24) is 14.6 Å². The molecule has 0 saturated heterocycles. The summed E-state index contributed by atoms with van der Waals surface area (Å²) in [5.74, 6) is 0.212. The van der Waals surface area contributed by atoms with Crippen molar-refractivity contribution >= 4 is 25.0 Å². The molecule has 2 saturated carbocycles. The lowest BCUT2D eigenvalue weighted by Crippen LogP contribution is -2.38. The molecule has 3 aromatic rings. The van der Waals surface area contributed by atoms with Crippen LogP contribution >= 0.6 is 0 Å². The van der Waals surface area contributed by atoms with E-state index < -0.39 is 5.31 Å². The summed E-state index contributed by atoms with van der Waals surface area (Å²) in [6.07, 6.45) is 10.9. The Hall–Kier alpha value is -2.77. The van der Waals surface area contributed by atoms with Gasteiger partial charge in [0.05, 0.1) is 30.9 Å². The second kappa shape index (κ2) is 9.03. The molecule has 1 N–H and O–H groups in total. The Labute approximate surface area is 208 Å². The van der Waals surface area contributed by atoms with Crippen LogP contribution in [0.15, 0.2) is 34.6 Å². The van der Waals surface area contributed by atoms with E-state index in [0.717, 1.165) is 35.3 Å². The summed E-state index contributed by atoms with van der Waals surface area (Å²) in [5, 5.41) is 15.7. The number of benzene rings is 1. The molecule has 2 radical (unpaired) electrons. The maximum Gasteiger partial charge on any atom is 0.241 e. The monoisotopic (exact) mass is 472 g/mol. The maximum atomic E-state index is 15.4. The molecule has 6 nitrogen and oxygen atoms in total. The van der Waals surface area contributed by atoms with E-state index >= 15 is 4.39 Å². The number of hydrogen-bond acceptors (Lipinski definition) is 5. The number of aryl methyl sites for hydroxylation is 1. The first kappa shape index (κ1) is 24.0. The molecule has 0 aliphatic heterocycles. The van der Waals surface area contributed by atoms with Gasteiger partial charge in [-0.15, -0.1) is 5.10 Å². The quantitative estimate of drug-likeness (QED) is 0.311. The number of nitrogens with one attached hydrogen (secondary N) is 1. The Morgan fingerprint density at radius 2 is 1.97 bits per heavy atom. The van der Waals surface area contributed by atoms with Crippen LogP contribution in [0.2, 0.25) is 5.31 Å². The van der Waals surface area contributed by atoms with Crippen molar-refractivity contribution in [1.29, 1.82) is 0 Å². The average molecular weight is 472 g/mol. The van der Waals surface area contributed by atoms with Gasteiger partial charge in [0.1, 0.15) is 0 Å². The van der Waals surface area contributed by atoms with E-state index in [4.69, 9.17) is 12.8 Å². The zero-order valence-corrected chi connectivity index (χ0v) is 21.2. The van der Waals surface area contributed by atoms with Crippen molar-refractivity contribution in [3.05, 3.63) is 41.5 Å². The number of aromatic nitrogens is 3. The molecule has 0 atom stereocenters. The first-order valence-electron chi connectivity index (χ1n) is 12.7. The van der Waals surface area contributed by atoms with Crippen molar-refractivity contribution < 1.29 is 4.39 Å². The summed E-state index contributed by atoms with van der Waals surface area (Å²) in [7, 11) is 8.05. The third-order valence-electron chi connectivity index (χ3n) is 7.77. The van der Waals surface area contributed by atoms with E-state index in [9.17, 15) is 0 Å². The molecule has 1 spiro atoms. The molecule has 2 aliphatic carbocycles. The van der Waals surface area contributed by atoms with Gasteiger partial charge < -0.3 is 5.32 Å². The minimum Gasteiger partial charge on any atom is -0.350 e. The number of azo groups is 1. The van der Waals surface area contributed by atoms with Gasteiger partial charge in [0, 0.05) is 18.7 Å². The molecule has 5 rings (SSSR count). The van der Waals surface area contributed by atoms with Gasteiger partial charge >= 0.3 is 0 Å². The highest BCUT2D eigenvalue weighted by Gasteiger charge is 2.40. The summed E-state index contributed by atoms with van der Waals surface area (Å²) in [5.41, 5.74) is 4.95. The van der Waals surface area contributed by atoms with Crippen molar-refractivity contribution in [2.45, 2.75) is 83.5 Å². The summed E-state index contributed by atoms with van der Waals surface area (Å²) in [6.45, 7) is 5.88. The molecule has 2 fully saturated rings. The fourth-order valence-electron chi connectivity index (χ4n) is 5.78. The fourth-order valence-corrected chi connectivity index (χ4v) is 5.78. The van der Waals surface area contributed by atoms with Gasteiger partial charge in [-0.3, -0.25) is 0 Å². The first-order chi connectivity index (χ1) is 16.7. The molecular formula is C27H34BFN6. The van der Waals surface area contributed by atoms with Gasteiger partial charge in [0.25, 0.3) is 0 Å². The summed E-state index contributed by atoms with van der Waals surface area (Å²) in [6, 6.07) is 6.02. The van der Waals surface area contributed by atoms with Gasteiger partial charge in [-0.05, 0) is 80.5 Å². The SMILES string of the molecule is [B]C(C)(C)Cc1nc(NC2CCC3(CCC3)CC2)nn2cc(F)c(-c3ccc(N=NC)c(C)c3)c12. The number of rotatable bonds is 6. The number of anilines is 1. The van der Waals surface area contributed by atoms with E-state index in [0.29, 0.717) is 34.9 Å². The Morgan fingerprint density at radius 1 is 1.23 bits per heavy atom. The Bertz CT molecular complexity index is 1260. The third kappa shape index (κ3) is 4.84. The van der Waals surface area contributed by atoms with Crippen LogP contribution in [0.25, 0.3) is 16.6 Å². The zero-order valence-electron chi connectivity index (χ0n) is 21.2. The Kier molecular flexibility index (Phi) is 6.18.